The van der Waals surface area contributed by atoms with Gasteiger partial charge in [-0.3, -0.25) is 19.3 Å². The lowest BCUT2D eigenvalue weighted by Gasteiger charge is -2.45. The van der Waals surface area contributed by atoms with E-state index in [4.69, 9.17) is 0 Å². The van der Waals surface area contributed by atoms with Crippen molar-refractivity contribution in [1.29, 1.82) is 0 Å². The highest BCUT2D eigenvalue weighted by Gasteiger charge is 2.63. The van der Waals surface area contributed by atoms with Crippen molar-refractivity contribution in [3.8, 4) is 0 Å². The average molecular weight is 577 g/mol. The minimum absolute atomic E-state index is 0.208. The van der Waals surface area contributed by atoms with Crippen LogP contribution in [0.1, 0.15) is 39.7 Å². The first-order valence-electron chi connectivity index (χ1n) is 13.2. The number of hydrogen-bond acceptors (Lipinski definition) is 3. The molecular weight excluding hydrogens is 552 g/mol. The van der Waals surface area contributed by atoms with Crippen molar-refractivity contribution in [3.05, 3.63) is 135 Å². The van der Waals surface area contributed by atoms with Crippen molar-refractivity contribution in [3.63, 3.8) is 0 Å². The zero-order chi connectivity index (χ0) is 26.7. The molecule has 3 aliphatic carbocycles. The highest BCUT2D eigenvalue weighted by Crippen LogP contribution is 2.61. The van der Waals surface area contributed by atoms with Gasteiger partial charge in [0.05, 0.1) is 11.8 Å². The molecular formula is C33H25BrN2O3. The van der Waals surface area contributed by atoms with Crippen LogP contribution in [0.2, 0.25) is 0 Å². The number of nitrogens with one attached hydrogen (secondary N) is 1. The molecule has 3 amide bonds. The summed E-state index contributed by atoms with van der Waals surface area (Å²) in [6.07, 6.45) is 0.245. The lowest BCUT2D eigenvalue weighted by molar-refractivity contribution is -0.146. The molecule has 0 saturated carbocycles. The van der Waals surface area contributed by atoms with E-state index in [1.807, 2.05) is 66.7 Å². The molecule has 39 heavy (non-hydrogen) atoms. The van der Waals surface area contributed by atoms with Crippen LogP contribution in [-0.2, 0) is 20.8 Å². The second-order valence-corrected chi connectivity index (χ2v) is 11.4. The van der Waals surface area contributed by atoms with Gasteiger partial charge in [-0.05, 0) is 52.1 Å². The number of likely N-dealkylation sites (tertiary alicyclic amines) is 1. The summed E-state index contributed by atoms with van der Waals surface area (Å²) < 4.78 is 0.893. The fourth-order valence-corrected chi connectivity index (χ4v) is 7.17. The molecule has 4 aromatic carbocycles. The third-order valence-electron chi connectivity index (χ3n) is 8.48. The first kappa shape index (κ1) is 24.0. The quantitative estimate of drug-likeness (QED) is 0.301. The fourth-order valence-electron chi connectivity index (χ4n) is 6.90. The Balaban J connectivity index is 1.31. The number of benzene rings is 4. The number of anilines is 1. The number of nitrogens with zero attached hydrogens (tertiary/aromatic N) is 1. The number of hydrogen-bond donors (Lipinski definition) is 1. The molecule has 1 fully saturated rings. The van der Waals surface area contributed by atoms with Gasteiger partial charge in [0.2, 0.25) is 17.7 Å². The lowest BCUT2D eigenvalue weighted by Crippen LogP contribution is -2.49. The summed E-state index contributed by atoms with van der Waals surface area (Å²) in [7, 11) is 0. The molecule has 1 N–H and O–H groups in total. The Bertz CT molecular complexity index is 1500. The predicted octanol–water partition coefficient (Wildman–Crippen LogP) is 5.89. The maximum Gasteiger partial charge on any atom is 0.248 e. The van der Waals surface area contributed by atoms with Crippen molar-refractivity contribution in [2.75, 3.05) is 5.32 Å². The number of amides is 3. The largest absolute Gasteiger partial charge is 0.324 e. The zero-order valence-corrected chi connectivity index (χ0v) is 22.5. The summed E-state index contributed by atoms with van der Waals surface area (Å²) in [6, 6.07) is 32.2. The second-order valence-electron chi connectivity index (χ2n) is 10.5. The monoisotopic (exact) mass is 576 g/mol. The average Bonchev–Trinajstić information content (AvgIpc) is 3.23. The minimum Gasteiger partial charge on any atom is -0.324 e. The van der Waals surface area contributed by atoms with Crippen LogP contribution in [0.15, 0.2) is 108 Å². The summed E-state index contributed by atoms with van der Waals surface area (Å²) >= 11 is 3.42. The second kappa shape index (κ2) is 9.31. The molecule has 1 saturated heterocycles. The van der Waals surface area contributed by atoms with Gasteiger partial charge in [0, 0.05) is 28.4 Å². The van der Waals surface area contributed by atoms with E-state index in [1.165, 1.54) is 4.90 Å². The van der Waals surface area contributed by atoms with Gasteiger partial charge in [-0.2, -0.15) is 0 Å². The Hall–Kier alpha value is -4.03. The molecule has 4 aliphatic rings. The van der Waals surface area contributed by atoms with Gasteiger partial charge >= 0.3 is 0 Å². The van der Waals surface area contributed by atoms with Crippen LogP contribution in [0.25, 0.3) is 0 Å². The summed E-state index contributed by atoms with van der Waals surface area (Å²) in [5.41, 5.74) is 5.96. The first-order chi connectivity index (χ1) is 19.0. The molecule has 4 aromatic rings. The number of carbonyl (C=O) groups excluding carboxylic acids is 3. The molecule has 1 heterocycles. The highest BCUT2D eigenvalue weighted by atomic mass is 79.9. The molecule has 8 rings (SSSR count). The van der Waals surface area contributed by atoms with Crippen molar-refractivity contribution in [2.45, 2.75) is 24.3 Å². The van der Waals surface area contributed by atoms with Gasteiger partial charge in [-0.25, -0.2) is 0 Å². The predicted molar refractivity (Wildman–Crippen MR) is 152 cm³/mol. The van der Waals surface area contributed by atoms with Crippen molar-refractivity contribution < 1.29 is 14.4 Å². The Kier molecular flexibility index (Phi) is 5.74. The van der Waals surface area contributed by atoms with Crippen molar-refractivity contribution >= 4 is 39.3 Å². The Morgan fingerprint density at radius 2 is 1.15 bits per heavy atom. The third-order valence-corrected chi connectivity index (χ3v) is 9.01. The smallest absolute Gasteiger partial charge is 0.248 e. The first-order valence-corrected chi connectivity index (χ1v) is 14.0. The van der Waals surface area contributed by atoms with Gasteiger partial charge in [-0.15, -0.1) is 0 Å². The van der Waals surface area contributed by atoms with E-state index in [0.717, 1.165) is 32.3 Å². The molecule has 0 aromatic heterocycles. The summed E-state index contributed by atoms with van der Waals surface area (Å²) in [6.45, 7) is 0. The molecule has 0 spiro atoms. The molecule has 6 heteroatoms. The fraction of sp³-hybridized carbons (Fsp3) is 0.182. The molecule has 5 nitrogen and oxygen atoms in total. The van der Waals surface area contributed by atoms with Crippen LogP contribution in [0, 0.1) is 11.8 Å². The molecule has 3 atom stereocenters. The SMILES string of the molecule is O=C(Nc1ccc(Br)cc1)[C@@H](Cc1ccccc1)N1C(=O)[C@@H]2C3c4ccccc4C(c4ccccc43)[C@@H]2C1=O. The van der Waals surface area contributed by atoms with Crippen LogP contribution >= 0.6 is 15.9 Å². The highest BCUT2D eigenvalue weighted by molar-refractivity contribution is 9.10. The number of imide groups is 1. The third kappa shape index (κ3) is 3.77. The minimum atomic E-state index is -0.965. The summed E-state index contributed by atoms with van der Waals surface area (Å²) in [5.74, 6) is -2.34. The van der Waals surface area contributed by atoms with Gasteiger partial charge in [0.1, 0.15) is 6.04 Å². The Morgan fingerprint density at radius 1 is 0.692 bits per heavy atom. The van der Waals surface area contributed by atoms with Crippen LogP contribution in [0.3, 0.4) is 0 Å². The van der Waals surface area contributed by atoms with E-state index < -0.39 is 17.9 Å². The van der Waals surface area contributed by atoms with Gasteiger partial charge < -0.3 is 5.32 Å². The van der Waals surface area contributed by atoms with Crippen LogP contribution in [0.4, 0.5) is 5.69 Å². The molecule has 1 aliphatic heterocycles. The van der Waals surface area contributed by atoms with Crippen molar-refractivity contribution in [1.82, 2.24) is 4.90 Å². The lowest BCUT2D eigenvalue weighted by atomic mass is 9.55. The summed E-state index contributed by atoms with van der Waals surface area (Å²) in [5, 5.41) is 2.96. The van der Waals surface area contributed by atoms with Crippen LogP contribution < -0.4 is 5.32 Å². The van der Waals surface area contributed by atoms with Gasteiger partial charge in [0.25, 0.3) is 0 Å². The molecule has 0 unspecified atom stereocenters. The zero-order valence-electron chi connectivity index (χ0n) is 21.0. The van der Waals surface area contributed by atoms with Crippen LogP contribution in [0.5, 0.6) is 0 Å². The Labute approximate surface area is 235 Å². The van der Waals surface area contributed by atoms with Crippen LogP contribution in [-0.4, -0.2) is 28.7 Å². The van der Waals surface area contributed by atoms with Gasteiger partial charge in [0.15, 0.2) is 0 Å². The number of carbonyl (C=O) groups is 3. The molecule has 2 bridgehead atoms. The summed E-state index contributed by atoms with van der Waals surface area (Å²) in [4.78, 5) is 43.7. The normalized spacial score (nSPS) is 23.2. The van der Waals surface area contributed by atoms with E-state index in [1.54, 1.807) is 12.1 Å². The number of rotatable bonds is 5. The molecule has 192 valence electrons. The molecule has 0 radical (unpaired) electrons. The van der Waals surface area contributed by atoms with Crippen molar-refractivity contribution in [2.24, 2.45) is 11.8 Å². The van der Waals surface area contributed by atoms with E-state index in [2.05, 4.69) is 45.5 Å². The maximum absolute atomic E-state index is 14.3. The number of halogens is 1. The van der Waals surface area contributed by atoms with E-state index in [-0.39, 0.29) is 36.0 Å². The maximum atomic E-state index is 14.3. The van der Waals surface area contributed by atoms with E-state index in [0.29, 0.717) is 5.69 Å². The van der Waals surface area contributed by atoms with E-state index >= 15 is 0 Å². The standard InChI is InChI=1S/C33H25BrN2O3/c34-20-14-16-21(17-15-20)35-31(37)26(18-19-8-2-1-3-9-19)36-32(38)29-27-22-10-4-5-11-23(22)28(30(29)33(36)39)25-13-7-6-12-24(25)27/h1-17,26-30H,18H2,(H,35,37)/t26-,27?,28?,29-,30+/m1/s1. The topological polar surface area (TPSA) is 66.5 Å². The van der Waals surface area contributed by atoms with E-state index in [9.17, 15) is 14.4 Å². The van der Waals surface area contributed by atoms with Gasteiger partial charge in [-0.1, -0.05) is 94.8 Å². The Morgan fingerprint density at radius 3 is 1.64 bits per heavy atom.